The standard InChI is InChI=1S/C21H34N2O2/c1-4-20-17-23(13-12-22(20)14-15-25-3)21(24)16-18(2)10-11-19-8-6-5-7-9-19/h5-9,18,20H,4,10-17H2,1-3H3. The van der Waals surface area contributed by atoms with E-state index in [2.05, 4.69) is 47.9 Å². The molecule has 2 rings (SSSR count). The van der Waals surface area contributed by atoms with E-state index in [0.29, 0.717) is 24.3 Å². The zero-order valence-corrected chi connectivity index (χ0v) is 16.1. The lowest BCUT2D eigenvalue weighted by Gasteiger charge is -2.41. The predicted octanol–water partition coefficient (Wildman–Crippen LogP) is 3.21. The fourth-order valence-corrected chi connectivity index (χ4v) is 3.60. The molecule has 4 heteroatoms. The number of methoxy groups -OCH3 is 1. The van der Waals surface area contributed by atoms with E-state index in [4.69, 9.17) is 4.74 Å². The second-order valence-corrected chi connectivity index (χ2v) is 7.26. The van der Waals surface area contributed by atoms with Crippen molar-refractivity contribution in [3.63, 3.8) is 0 Å². The van der Waals surface area contributed by atoms with Crippen molar-refractivity contribution in [3.05, 3.63) is 35.9 Å². The van der Waals surface area contributed by atoms with Crippen molar-refractivity contribution in [2.24, 2.45) is 5.92 Å². The minimum Gasteiger partial charge on any atom is -0.383 e. The van der Waals surface area contributed by atoms with Crippen molar-refractivity contribution in [2.75, 3.05) is 39.9 Å². The monoisotopic (exact) mass is 346 g/mol. The highest BCUT2D eigenvalue weighted by Crippen LogP contribution is 2.18. The Bertz CT molecular complexity index is 506. The molecule has 0 bridgehead atoms. The molecule has 1 aliphatic heterocycles. The van der Waals surface area contributed by atoms with Gasteiger partial charge < -0.3 is 9.64 Å². The Kier molecular flexibility index (Phi) is 8.42. The summed E-state index contributed by atoms with van der Waals surface area (Å²) in [5.74, 6) is 0.754. The third-order valence-corrected chi connectivity index (χ3v) is 5.30. The van der Waals surface area contributed by atoms with Crippen molar-refractivity contribution < 1.29 is 9.53 Å². The van der Waals surface area contributed by atoms with Crippen LogP contribution >= 0.6 is 0 Å². The highest BCUT2D eigenvalue weighted by atomic mass is 16.5. The summed E-state index contributed by atoms with van der Waals surface area (Å²) in [5, 5.41) is 0. The van der Waals surface area contributed by atoms with Gasteiger partial charge in [0.15, 0.2) is 0 Å². The van der Waals surface area contributed by atoms with E-state index < -0.39 is 0 Å². The Morgan fingerprint density at radius 2 is 2.04 bits per heavy atom. The number of benzene rings is 1. The molecule has 1 amide bonds. The van der Waals surface area contributed by atoms with Gasteiger partial charge in [0.25, 0.3) is 0 Å². The normalized spacial score (nSPS) is 19.8. The number of rotatable bonds is 9. The molecule has 0 aliphatic carbocycles. The van der Waals surface area contributed by atoms with Crippen LogP contribution in [0, 0.1) is 5.92 Å². The molecule has 0 spiro atoms. The lowest BCUT2D eigenvalue weighted by atomic mass is 9.97. The van der Waals surface area contributed by atoms with Crippen LogP contribution in [0.1, 0.15) is 38.7 Å². The fraction of sp³-hybridized carbons (Fsp3) is 0.667. The van der Waals surface area contributed by atoms with E-state index in [0.717, 1.165) is 52.0 Å². The van der Waals surface area contributed by atoms with Gasteiger partial charge in [-0.3, -0.25) is 9.69 Å². The zero-order valence-electron chi connectivity index (χ0n) is 16.1. The number of ether oxygens (including phenoxy) is 1. The van der Waals surface area contributed by atoms with Gasteiger partial charge in [-0.15, -0.1) is 0 Å². The number of aryl methyl sites for hydroxylation is 1. The summed E-state index contributed by atoms with van der Waals surface area (Å²) >= 11 is 0. The van der Waals surface area contributed by atoms with E-state index in [-0.39, 0.29) is 0 Å². The molecular formula is C21H34N2O2. The van der Waals surface area contributed by atoms with Crippen LogP contribution in [-0.4, -0.2) is 61.6 Å². The average molecular weight is 347 g/mol. The first-order valence-corrected chi connectivity index (χ1v) is 9.68. The van der Waals surface area contributed by atoms with Crippen LogP contribution in [0.4, 0.5) is 0 Å². The SMILES string of the molecule is CCC1CN(C(=O)CC(C)CCc2ccccc2)CCN1CCOC. The molecule has 1 aromatic carbocycles. The second kappa shape index (κ2) is 10.6. The van der Waals surface area contributed by atoms with E-state index in [1.165, 1.54) is 5.56 Å². The molecule has 0 saturated carbocycles. The molecule has 1 aromatic rings. The lowest BCUT2D eigenvalue weighted by molar-refractivity contribution is -0.135. The number of carbonyl (C=O) groups excluding carboxylic acids is 1. The van der Waals surface area contributed by atoms with Crippen molar-refractivity contribution in [2.45, 2.75) is 45.6 Å². The second-order valence-electron chi connectivity index (χ2n) is 7.26. The van der Waals surface area contributed by atoms with Gasteiger partial charge in [-0.25, -0.2) is 0 Å². The third kappa shape index (κ3) is 6.44. The highest BCUT2D eigenvalue weighted by Gasteiger charge is 2.28. The van der Waals surface area contributed by atoms with Crippen LogP contribution in [0.5, 0.6) is 0 Å². The molecule has 2 atom stereocenters. The molecule has 1 heterocycles. The highest BCUT2D eigenvalue weighted by molar-refractivity contribution is 5.76. The van der Waals surface area contributed by atoms with Gasteiger partial charge in [-0.1, -0.05) is 44.2 Å². The largest absolute Gasteiger partial charge is 0.383 e. The van der Waals surface area contributed by atoms with Gasteiger partial charge in [0.1, 0.15) is 0 Å². The van der Waals surface area contributed by atoms with Gasteiger partial charge in [0, 0.05) is 45.8 Å². The molecule has 1 saturated heterocycles. The molecule has 0 aromatic heterocycles. The van der Waals surface area contributed by atoms with Crippen LogP contribution in [0.3, 0.4) is 0 Å². The van der Waals surface area contributed by atoms with Crippen molar-refractivity contribution >= 4 is 5.91 Å². The summed E-state index contributed by atoms with van der Waals surface area (Å²) in [4.78, 5) is 17.2. The number of hydrogen-bond donors (Lipinski definition) is 0. The molecule has 140 valence electrons. The first-order chi connectivity index (χ1) is 12.1. The van der Waals surface area contributed by atoms with Crippen LogP contribution in [0.25, 0.3) is 0 Å². The van der Waals surface area contributed by atoms with E-state index in [1.807, 2.05) is 6.07 Å². The summed E-state index contributed by atoms with van der Waals surface area (Å²) in [7, 11) is 1.75. The fourth-order valence-electron chi connectivity index (χ4n) is 3.60. The Morgan fingerprint density at radius 1 is 1.28 bits per heavy atom. The van der Waals surface area contributed by atoms with Crippen LogP contribution in [0.15, 0.2) is 30.3 Å². The smallest absolute Gasteiger partial charge is 0.222 e. The third-order valence-electron chi connectivity index (χ3n) is 5.30. The molecule has 0 radical (unpaired) electrons. The number of piperazine rings is 1. The predicted molar refractivity (Wildman–Crippen MR) is 103 cm³/mol. The number of amides is 1. The van der Waals surface area contributed by atoms with Crippen LogP contribution in [-0.2, 0) is 16.0 Å². The summed E-state index contributed by atoms with van der Waals surface area (Å²) in [5.41, 5.74) is 1.36. The quantitative estimate of drug-likeness (QED) is 0.688. The maximum Gasteiger partial charge on any atom is 0.222 e. The van der Waals surface area contributed by atoms with Gasteiger partial charge in [-0.2, -0.15) is 0 Å². The minimum absolute atomic E-state index is 0.324. The lowest BCUT2D eigenvalue weighted by Crippen LogP contribution is -2.55. The Labute approximate surface area is 153 Å². The van der Waals surface area contributed by atoms with Gasteiger partial charge in [-0.05, 0) is 30.7 Å². The maximum absolute atomic E-state index is 12.7. The summed E-state index contributed by atoms with van der Waals surface area (Å²) in [6.07, 6.45) is 3.87. The molecule has 4 nitrogen and oxygen atoms in total. The van der Waals surface area contributed by atoms with Gasteiger partial charge in [0.2, 0.25) is 5.91 Å². The molecule has 25 heavy (non-hydrogen) atoms. The first-order valence-electron chi connectivity index (χ1n) is 9.68. The van der Waals surface area contributed by atoms with Crippen molar-refractivity contribution in [1.29, 1.82) is 0 Å². The summed E-state index contributed by atoms with van der Waals surface area (Å²) in [6, 6.07) is 11.0. The van der Waals surface area contributed by atoms with E-state index >= 15 is 0 Å². The van der Waals surface area contributed by atoms with Gasteiger partial charge >= 0.3 is 0 Å². The topological polar surface area (TPSA) is 32.8 Å². The van der Waals surface area contributed by atoms with Crippen LogP contribution < -0.4 is 0 Å². The molecule has 1 fully saturated rings. The Hall–Kier alpha value is -1.39. The maximum atomic E-state index is 12.7. The molecule has 1 aliphatic rings. The molecule has 2 unspecified atom stereocenters. The van der Waals surface area contributed by atoms with Gasteiger partial charge in [0.05, 0.1) is 6.61 Å². The molecule has 0 N–H and O–H groups in total. The summed E-state index contributed by atoms with van der Waals surface area (Å²) in [6.45, 7) is 8.82. The Balaban J connectivity index is 1.76. The number of carbonyl (C=O) groups is 1. The van der Waals surface area contributed by atoms with Crippen molar-refractivity contribution in [1.82, 2.24) is 9.80 Å². The summed E-state index contributed by atoms with van der Waals surface area (Å²) < 4.78 is 5.21. The average Bonchev–Trinajstić information content (AvgIpc) is 2.65. The van der Waals surface area contributed by atoms with E-state index in [1.54, 1.807) is 7.11 Å². The Morgan fingerprint density at radius 3 is 2.72 bits per heavy atom. The van der Waals surface area contributed by atoms with Crippen LogP contribution in [0.2, 0.25) is 0 Å². The zero-order chi connectivity index (χ0) is 18.1. The first kappa shape index (κ1) is 19.9. The number of hydrogen-bond acceptors (Lipinski definition) is 3. The number of nitrogens with zero attached hydrogens (tertiary/aromatic N) is 2. The molecular weight excluding hydrogens is 312 g/mol. The van der Waals surface area contributed by atoms with E-state index in [9.17, 15) is 4.79 Å². The van der Waals surface area contributed by atoms with Crippen molar-refractivity contribution in [3.8, 4) is 0 Å². The minimum atomic E-state index is 0.324.